The van der Waals surface area contributed by atoms with Gasteiger partial charge in [0.25, 0.3) is 17.7 Å². The summed E-state index contributed by atoms with van der Waals surface area (Å²) in [4.78, 5) is 55.1. The third-order valence-electron chi connectivity index (χ3n) is 5.30. The van der Waals surface area contributed by atoms with E-state index < -0.39 is 17.1 Å². The van der Waals surface area contributed by atoms with Crippen LogP contribution in [0.2, 0.25) is 5.02 Å². The van der Waals surface area contributed by atoms with Gasteiger partial charge in [-0.05, 0) is 61.4 Å². The topological polar surface area (TPSA) is 120 Å². The van der Waals surface area contributed by atoms with Crippen LogP contribution in [0.1, 0.15) is 40.0 Å². The summed E-state index contributed by atoms with van der Waals surface area (Å²) in [5.41, 5.74) is 5.80. The molecule has 34 heavy (non-hydrogen) atoms. The Morgan fingerprint density at radius 3 is 2.09 bits per heavy atom. The molecule has 2 heterocycles. The van der Waals surface area contributed by atoms with Gasteiger partial charge in [-0.2, -0.15) is 4.99 Å². The second kappa shape index (κ2) is 10.7. The van der Waals surface area contributed by atoms with E-state index in [1.165, 1.54) is 36.0 Å². The van der Waals surface area contributed by atoms with Crippen LogP contribution in [0.4, 0.5) is 5.69 Å². The summed E-state index contributed by atoms with van der Waals surface area (Å²) in [6.45, 7) is 1.78. The second-order valence-electron chi connectivity index (χ2n) is 7.78. The average Bonchev–Trinajstić information content (AvgIpc) is 3.48. The first-order valence-electron chi connectivity index (χ1n) is 10.7. The molecule has 2 aromatic rings. The lowest BCUT2D eigenvalue weighted by atomic mass is 10.2. The van der Waals surface area contributed by atoms with Crippen LogP contribution in [-0.4, -0.2) is 52.0 Å². The minimum Gasteiger partial charge on any atom is -0.351 e. The number of hydrazine groups is 1. The molecule has 1 unspecified atom stereocenters. The van der Waals surface area contributed by atoms with Crippen molar-refractivity contribution in [1.82, 2.24) is 15.8 Å². The van der Waals surface area contributed by atoms with E-state index in [1.54, 1.807) is 24.3 Å². The molecule has 4 rings (SSSR count). The van der Waals surface area contributed by atoms with Gasteiger partial charge in [0.2, 0.25) is 5.91 Å². The first-order valence-corrected chi connectivity index (χ1v) is 11.9. The van der Waals surface area contributed by atoms with Crippen LogP contribution >= 0.6 is 23.4 Å². The lowest BCUT2D eigenvalue weighted by molar-refractivity contribution is -0.121. The van der Waals surface area contributed by atoms with E-state index in [4.69, 9.17) is 11.6 Å². The second-order valence-corrected chi connectivity index (χ2v) is 9.38. The summed E-state index contributed by atoms with van der Waals surface area (Å²) in [7, 11) is 0. The van der Waals surface area contributed by atoms with Crippen LogP contribution < -0.4 is 16.2 Å². The van der Waals surface area contributed by atoms with Crippen LogP contribution in [0.3, 0.4) is 0 Å². The Balaban J connectivity index is 1.24. The largest absolute Gasteiger partial charge is 0.351 e. The van der Waals surface area contributed by atoms with Crippen molar-refractivity contribution in [2.75, 3.05) is 18.4 Å². The molecule has 4 amide bonds. The summed E-state index contributed by atoms with van der Waals surface area (Å²) in [6, 6.07) is 12.4. The van der Waals surface area contributed by atoms with Crippen molar-refractivity contribution in [2.45, 2.75) is 24.5 Å². The Labute approximate surface area is 205 Å². The number of amidine groups is 1. The number of carbonyl (C=O) groups is 4. The Morgan fingerprint density at radius 2 is 1.50 bits per heavy atom. The highest BCUT2D eigenvalue weighted by atomic mass is 35.5. The summed E-state index contributed by atoms with van der Waals surface area (Å²) in [5.74, 6) is -1.59. The van der Waals surface area contributed by atoms with Crippen molar-refractivity contribution < 1.29 is 19.2 Å². The third-order valence-corrected chi connectivity index (χ3v) is 6.77. The van der Waals surface area contributed by atoms with Gasteiger partial charge < -0.3 is 10.2 Å². The van der Waals surface area contributed by atoms with Crippen LogP contribution in [0.15, 0.2) is 53.5 Å². The fourth-order valence-corrected chi connectivity index (χ4v) is 4.74. The molecule has 11 heteroatoms. The number of hydrogen-bond acceptors (Lipinski definition) is 6. The number of halogens is 1. The number of rotatable bonds is 5. The molecule has 0 spiro atoms. The van der Waals surface area contributed by atoms with Crippen molar-refractivity contribution >= 4 is 57.8 Å². The standard InChI is InChI=1S/C23H22ClN5O4S/c24-16-7-3-14(4-8-16)20(31)27-28-21(32)15-5-9-17(10-6-15)25-19(30)13-18-22(33)26-23(34-18)29-11-1-2-12-29/h3-10,18H,1-2,11-13H2,(H,25,30)(H,27,31)(H,28,32). The van der Waals surface area contributed by atoms with Crippen molar-refractivity contribution in [3.63, 3.8) is 0 Å². The number of thioether (sulfide) groups is 1. The maximum atomic E-state index is 12.4. The smallest absolute Gasteiger partial charge is 0.269 e. The van der Waals surface area contributed by atoms with Gasteiger partial charge in [0.1, 0.15) is 5.25 Å². The number of nitrogens with one attached hydrogen (secondary N) is 3. The summed E-state index contributed by atoms with van der Waals surface area (Å²) >= 11 is 7.14. The van der Waals surface area contributed by atoms with E-state index >= 15 is 0 Å². The first kappa shape index (κ1) is 23.8. The lowest BCUT2D eigenvalue weighted by Crippen LogP contribution is -2.41. The number of hydrogen-bond donors (Lipinski definition) is 3. The number of carbonyl (C=O) groups excluding carboxylic acids is 4. The van der Waals surface area contributed by atoms with E-state index in [-0.39, 0.29) is 18.2 Å². The molecule has 0 radical (unpaired) electrons. The maximum absolute atomic E-state index is 12.4. The number of anilines is 1. The summed E-state index contributed by atoms with van der Waals surface area (Å²) in [6.07, 6.45) is 2.19. The number of likely N-dealkylation sites (tertiary alicyclic amines) is 1. The molecule has 3 N–H and O–H groups in total. The SMILES string of the molecule is O=C(CC1SC(N2CCCC2)=NC1=O)Nc1ccc(C(=O)NNC(=O)c2ccc(Cl)cc2)cc1. The Morgan fingerprint density at radius 1 is 0.941 bits per heavy atom. The van der Waals surface area contributed by atoms with Crippen LogP contribution in [0.5, 0.6) is 0 Å². The molecule has 1 atom stereocenters. The molecular weight excluding hydrogens is 478 g/mol. The van der Waals surface area contributed by atoms with Crippen LogP contribution in [0.25, 0.3) is 0 Å². The van der Waals surface area contributed by atoms with Gasteiger partial charge in [-0.1, -0.05) is 23.4 Å². The highest BCUT2D eigenvalue weighted by molar-refractivity contribution is 8.15. The molecule has 0 aromatic heterocycles. The minimum absolute atomic E-state index is 0.0172. The monoisotopic (exact) mass is 499 g/mol. The van der Waals surface area contributed by atoms with Crippen molar-refractivity contribution in [1.29, 1.82) is 0 Å². The fourth-order valence-electron chi connectivity index (χ4n) is 3.50. The highest BCUT2D eigenvalue weighted by Gasteiger charge is 2.33. The molecule has 9 nitrogen and oxygen atoms in total. The highest BCUT2D eigenvalue weighted by Crippen LogP contribution is 2.29. The van der Waals surface area contributed by atoms with Gasteiger partial charge >= 0.3 is 0 Å². The number of benzene rings is 2. The van der Waals surface area contributed by atoms with Gasteiger partial charge in [-0.3, -0.25) is 30.0 Å². The van der Waals surface area contributed by atoms with Crippen molar-refractivity contribution in [2.24, 2.45) is 4.99 Å². The molecule has 0 bridgehead atoms. The van der Waals surface area contributed by atoms with Crippen LogP contribution in [-0.2, 0) is 9.59 Å². The number of amides is 4. The number of nitrogens with zero attached hydrogens (tertiary/aromatic N) is 2. The number of aliphatic imine (C=N–C) groups is 1. The van der Waals surface area contributed by atoms with E-state index in [0.717, 1.165) is 25.9 Å². The first-order chi connectivity index (χ1) is 16.4. The van der Waals surface area contributed by atoms with E-state index in [2.05, 4.69) is 26.1 Å². The van der Waals surface area contributed by atoms with Crippen molar-refractivity contribution in [3.05, 3.63) is 64.7 Å². The molecule has 176 valence electrons. The molecule has 0 aliphatic carbocycles. The van der Waals surface area contributed by atoms with Crippen LogP contribution in [0, 0.1) is 0 Å². The predicted molar refractivity (Wildman–Crippen MR) is 131 cm³/mol. The molecule has 2 aliphatic heterocycles. The van der Waals surface area contributed by atoms with E-state index in [9.17, 15) is 19.2 Å². The van der Waals surface area contributed by atoms with Crippen molar-refractivity contribution in [3.8, 4) is 0 Å². The average molecular weight is 500 g/mol. The predicted octanol–water partition coefficient (Wildman–Crippen LogP) is 2.84. The molecule has 0 saturated carbocycles. The molecule has 2 aliphatic rings. The van der Waals surface area contributed by atoms with Gasteiger partial charge in [0, 0.05) is 41.3 Å². The zero-order valence-electron chi connectivity index (χ0n) is 18.0. The van der Waals surface area contributed by atoms with Gasteiger partial charge in [-0.25, -0.2) is 0 Å². The molecular formula is C23H22ClN5O4S. The molecule has 1 saturated heterocycles. The molecule has 1 fully saturated rings. The van der Waals surface area contributed by atoms with Gasteiger partial charge in [-0.15, -0.1) is 0 Å². The van der Waals surface area contributed by atoms with Gasteiger partial charge in [0.05, 0.1) is 0 Å². The zero-order chi connectivity index (χ0) is 24.1. The summed E-state index contributed by atoms with van der Waals surface area (Å²) < 4.78 is 0. The molecule has 2 aromatic carbocycles. The Hall–Kier alpha value is -3.37. The zero-order valence-corrected chi connectivity index (χ0v) is 19.6. The minimum atomic E-state index is -0.523. The third kappa shape index (κ3) is 5.95. The van der Waals surface area contributed by atoms with E-state index in [1.807, 2.05) is 0 Å². The van der Waals surface area contributed by atoms with E-state index in [0.29, 0.717) is 27.0 Å². The maximum Gasteiger partial charge on any atom is 0.269 e. The lowest BCUT2D eigenvalue weighted by Gasteiger charge is -2.16. The van der Waals surface area contributed by atoms with Gasteiger partial charge in [0.15, 0.2) is 5.17 Å². The normalized spacial score (nSPS) is 17.3. The fraction of sp³-hybridized carbons (Fsp3) is 0.261. The summed E-state index contributed by atoms with van der Waals surface area (Å²) in [5, 5.41) is 3.42. The Kier molecular flexibility index (Phi) is 7.49. The quantitative estimate of drug-likeness (QED) is 0.544. The Bertz CT molecular complexity index is 1130.